The number of nitrogens with one attached hydrogen (secondary N) is 1. The third kappa shape index (κ3) is 5.11. The summed E-state index contributed by atoms with van der Waals surface area (Å²) < 4.78 is 11.1. The highest BCUT2D eigenvalue weighted by atomic mass is 35.5. The molecule has 10 heteroatoms. The van der Waals surface area contributed by atoms with E-state index in [-0.39, 0.29) is 0 Å². The molecular weight excluding hydrogens is 454 g/mol. The number of halogens is 1. The van der Waals surface area contributed by atoms with Crippen molar-refractivity contribution in [3.05, 3.63) is 42.7 Å². The van der Waals surface area contributed by atoms with Crippen LogP contribution in [0.4, 0.5) is 28.8 Å². The van der Waals surface area contributed by atoms with Crippen LogP contribution in [0.3, 0.4) is 0 Å². The quantitative estimate of drug-likeness (QED) is 0.495. The summed E-state index contributed by atoms with van der Waals surface area (Å²) in [6, 6.07) is 8.41. The second-order valence-corrected chi connectivity index (χ2v) is 9.18. The van der Waals surface area contributed by atoms with E-state index in [9.17, 15) is 0 Å². The summed E-state index contributed by atoms with van der Waals surface area (Å²) in [4.78, 5) is 19.3. The first-order valence-electron chi connectivity index (χ1n) is 11.6. The lowest BCUT2D eigenvalue weighted by molar-refractivity contribution is 0.122. The van der Waals surface area contributed by atoms with Gasteiger partial charge in [-0.3, -0.25) is 4.99 Å². The maximum absolute atomic E-state index is 6.82. The number of aromatic nitrogens is 2. The highest BCUT2D eigenvalue weighted by Gasteiger charge is 2.31. The Bertz CT molecular complexity index is 1020. The normalized spacial score (nSPS) is 22.6. The minimum atomic E-state index is -0.701. The summed E-state index contributed by atoms with van der Waals surface area (Å²) in [5.41, 5.74) is 3.26. The van der Waals surface area contributed by atoms with Gasteiger partial charge < -0.3 is 29.5 Å². The van der Waals surface area contributed by atoms with E-state index in [1.165, 1.54) is 0 Å². The van der Waals surface area contributed by atoms with Gasteiger partial charge in [0.25, 0.3) is 0 Å². The van der Waals surface area contributed by atoms with Gasteiger partial charge in [-0.2, -0.15) is 4.98 Å². The van der Waals surface area contributed by atoms with E-state index in [0.29, 0.717) is 12.4 Å². The molecule has 1 aromatic heterocycles. The van der Waals surface area contributed by atoms with Gasteiger partial charge in [-0.1, -0.05) is 11.6 Å². The molecule has 34 heavy (non-hydrogen) atoms. The van der Waals surface area contributed by atoms with E-state index >= 15 is 0 Å². The van der Waals surface area contributed by atoms with Crippen LogP contribution >= 0.6 is 11.6 Å². The van der Waals surface area contributed by atoms with Crippen molar-refractivity contribution in [1.82, 2.24) is 9.97 Å². The first kappa shape index (κ1) is 22.9. The minimum Gasteiger partial charge on any atom is -0.378 e. The molecule has 1 unspecified atom stereocenters. The van der Waals surface area contributed by atoms with Crippen molar-refractivity contribution in [2.45, 2.75) is 11.4 Å². The summed E-state index contributed by atoms with van der Waals surface area (Å²) in [6.07, 6.45) is 7.76. The molecule has 3 aliphatic rings. The largest absolute Gasteiger partial charge is 0.378 e. The Hall–Kier alpha value is -2.88. The van der Waals surface area contributed by atoms with Crippen LogP contribution in [0, 0.1) is 0 Å². The number of ether oxygens (including phenoxy) is 2. The predicted molar refractivity (Wildman–Crippen MR) is 137 cm³/mol. The van der Waals surface area contributed by atoms with Gasteiger partial charge in [0, 0.05) is 75.3 Å². The lowest BCUT2D eigenvalue weighted by atomic mass is 10.1. The fourth-order valence-electron chi connectivity index (χ4n) is 4.31. The van der Waals surface area contributed by atoms with Crippen LogP contribution in [-0.2, 0) is 9.47 Å². The van der Waals surface area contributed by atoms with Gasteiger partial charge in [-0.15, -0.1) is 0 Å². The number of nitrogens with zero attached hydrogens (tertiary/aromatic N) is 6. The Morgan fingerprint density at radius 2 is 1.65 bits per heavy atom. The van der Waals surface area contributed by atoms with E-state index in [1.54, 1.807) is 12.4 Å². The van der Waals surface area contributed by atoms with E-state index in [4.69, 9.17) is 26.1 Å². The van der Waals surface area contributed by atoms with Gasteiger partial charge >= 0.3 is 0 Å². The Morgan fingerprint density at radius 3 is 2.24 bits per heavy atom. The van der Waals surface area contributed by atoms with Crippen LogP contribution in [0.5, 0.6) is 0 Å². The van der Waals surface area contributed by atoms with E-state index in [0.717, 1.165) is 75.5 Å². The van der Waals surface area contributed by atoms with Gasteiger partial charge in [0.15, 0.2) is 0 Å². The second kappa shape index (κ2) is 10.2. The van der Waals surface area contributed by atoms with Crippen LogP contribution < -0.4 is 20.0 Å². The minimum absolute atomic E-state index is 0.519. The zero-order chi connectivity index (χ0) is 23.4. The van der Waals surface area contributed by atoms with Gasteiger partial charge in [0.05, 0.1) is 26.4 Å². The third-order valence-corrected chi connectivity index (χ3v) is 6.89. The molecule has 4 heterocycles. The molecule has 2 saturated heterocycles. The molecular formula is C24H30ClN7O2. The van der Waals surface area contributed by atoms with Crippen molar-refractivity contribution < 1.29 is 9.47 Å². The number of anilines is 5. The number of likely N-dealkylation sites (N-methyl/N-ethyl adjacent to an activating group) is 1. The number of hydrogen-bond donors (Lipinski definition) is 1. The molecule has 2 aromatic rings. The molecule has 1 N–H and O–H groups in total. The fourth-order valence-corrected chi connectivity index (χ4v) is 4.52. The molecule has 0 spiro atoms. The van der Waals surface area contributed by atoms with Crippen molar-refractivity contribution in [2.24, 2.45) is 4.99 Å². The van der Waals surface area contributed by atoms with Gasteiger partial charge in [-0.25, -0.2) is 4.98 Å². The number of hydrogen-bond acceptors (Lipinski definition) is 9. The van der Waals surface area contributed by atoms with Crippen LogP contribution in [-0.4, -0.2) is 80.8 Å². The molecule has 180 valence electrons. The standard InChI is InChI=1S/C24H30ClN7O2/c1-30(24(25)3-6-26-7-4-24)22-2-5-27-23(29-22)28-19-16-20(31-8-12-33-13-9-31)18-21(17-19)32-10-14-34-15-11-32/h2-3,5-7,16-18H,4,8-15H2,1H3,(H,27,28,29). The molecule has 0 aliphatic carbocycles. The molecule has 5 rings (SSSR count). The number of morpholine rings is 2. The maximum Gasteiger partial charge on any atom is 0.229 e. The van der Waals surface area contributed by atoms with Crippen LogP contribution in [0.1, 0.15) is 6.42 Å². The summed E-state index contributed by atoms with van der Waals surface area (Å²) >= 11 is 6.82. The van der Waals surface area contributed by atoms with Gasteiger partial charge in [0.1, 0.15) is 10.8 Å². The number of alkyl halides is 1. The lowest BCUT2D eigenvalue weighted by Crippen LogP contribution is -2.41. The van der Waals surface area contributed by atoms with Crippen LogP contribution in [0.25, 0.3) is 0 Å². The second-order valence-electron chi connectivity index (χ2n) is 8.53. The number of benzene rings is 1. The molecule has 9 nitrogen and oxygen atoms in total. The lowest BCUT2D eigenvalue weighted by Gasteiger charge is -2.35. The first-order valence-corrected chi connectivity index (χ1v) is 12.0. The van der Waals surface area contributed by atoms with Gasteiger partial charge in [0.2, 0.25) is 5.95 Å². The molecule has 0 amide bonds. The van der Waals surface area contributed by atoms with E-state index in [2.05, 4.69) is 43.3 Å². The van der Waals surface area contributed by atoms with Crippen molar-refractivity contribution >= 4 is 46.6 Å². The molecule has 0 bridgehead atoms. The topological polar surface area (TPSA) is 78.4 Å². The highest BCUT2D eigenvalue weighted by Crippen LogP contribution is 2.33. The van der Waals surface area contributed by atoms with Crippen molar-refractivity contribution in [2.75, 3.05) is 79.7 Å². The average molecular weight is 484 g/mol. The summed E-state index contributed by atoms with van der Waals surface area (Å²) in [7, 11) is 1.93. The smallest absolute Gasteiger partial charge is 0.229 e. The summed E-state index contributed by atoms with van der Waals surface area (Å²) in [5.74, 6) is 1.25. The van der Waals surface area contributed by atoms with Crippen molar-refractivity contribution in [3.8, 4) is 0 Å². The number of rotatable bonds is 6. The molecule has 1 atom stereocenters. The predicted octanol–water partition coefficient (Wildman–Crippen LogP) is 3.25. The summed E-state index contributed by atoms with van der Waals surface area (Å²) in [5, 5.41) is 3.42. The average Bonchev–Trinajstić information content (AvgIpc) is 2.90. The van der Waals surface area contributed by atoms with Gasteiger partial charge in [-0.05, 0) is 30.3 Å². The Balaban J connectivity index is 1.41. The third-order valence-electron chi connectivity index (χ3n) is 6.35. The maximum atomic E-state index is 6.82. The fraction of sp³-hybridized carbons (Fsp3) is 0.458. The number of aliphatic imine (C=N–C) groups is 1. The zero-order valence-corrected chi connectivity index (χ0v) is 20.1. The highest BCUT2D eigenvalue weighted by molar-refractivity contribution is 6.27. The monoisotopic (exact) mass is 483 g/mol. The molecule has 0 radical (unpaired) electrons. The molecule has 3 aliphatic heterocycles. The Labute approximate surface area is 205 Å². The Kier molecular flexibility index (Phi) is 6.85. The van der Waals surface area contributed by atoms with Crippen LogP contribution in [0.2, 0.25) is 0 Å². The van der Waals surface area contributed by atoms with E-state index in [1.807, 2.05) is 30.3 Å². The van der Waals surface area contributed by atoms with E-state index < -0.39 is 5.00 Å². The van der Waals surface area contributed by atoms with Crippen LogP contribution in [0.15, 0.2) is 47.7 Å². The van der Waals surface area contributed by atoms with Crippen molar-refractivity contribution in [3.63, 3.8) is 0 Å². The zero-order valence-electron chi connectivity index (χ0n) is 19.4. The first-order chi connectivity index (χ1) is 16.6. The molecule has 1 aromatic carbocycles. The molecule has 0 saturated carbocycles. The summed E-state index contributed by atoms with van der Waals surface area (Å²) in [6.45, 7) is 6.44. The Morgan fingerprint density at radius 1 is 1.00 bits per heavy atom. The SMILES string of the molecule is CN(c1ccnc(Nc2cc(N3CCOCC3)cc(N3CCOCC3)c2)n1)C1(Cl)C=CN=CC1. The molecule has 2 fully saturated rings. The van der Waals surface area contributed by atoms with Crippen molar-refractivity contribution in [1.29, 1.82) is 0 Å².